The Balaban J connectivity index is 1.08. The van der Waals surface area contributed by atoms with Gasteiger partial charge in [-0.3, -0.25) is 14.4 Å². The molecular weight excluding hydrogens is 400 g/mol. The second kappa shape index (κ2) is 7.29. The maximum atomic E-state index is 13.2. The van der Waals surface area contributed by atoms with Crippen molar-refractivity contribution in [2.45, 2.75) is 44.6 Å². The van der Waals surface area contributed by atoms with Crippen LogP contribution in [0, 0.1) is 11.3 Å². The molecule has 0 radical (unpaired) electrons. The van der Waals surface area contributed by atoms with Gasteiger partial charge in [-0.05, 0) is 47.8 Å². The third kappa shape index (κ3) is 3.09. The number of nitrogens with zero attached hydrogens (tertiary/aromatic N) is 2. The molecule has 2 aromatic carbocycles. The van der Waals surface area contributed by atoms with Gasteiger partial charge in [0.1, 0.15) is 0 Å². The molecule has 164 valence electrons. The highest BCUT2D eigenvalue weighted by Gasteiger charge is 2.59. The summed E-state index contributed by atoms with van der Waals surface area (Å²) in [5, 5.41) is 0. The normalized spacial score (nSPS) is 25.4. The topological polar surface area (TPSA) is 57.7 Å². The van der Waals surface area contributed by atoms with Gasteiger partial charge in [-0.15, -0.1) is 0 Å². The van der Waals surface area contributed by atoms with Crippen molar-refractivity contribution in [1.82, 2.24) is 9.80 Å². The molecule has 0 aromatic heterocycles. The number of hydrogen-bond acceptors (Lipinski definition) is 3. The van der Waals surface area contributed by atoms with Crippen LogP contribution in [0.1, 0.15) is 58.6 Å². The predicted octanol–water partition coefficient (Wildman–Crippen LogP) is 3.57. The zero-order valence-corrected chi connectivity index (χ0v) is 18.3. The summed E-state index contributed by atoms with van der Waals surface area (Å²) in [5.41, 5.74) is 4.30. The number of fused-ring (bicyclic) bond motifs is 2. The molecule has 6 rings (SSSR count). The van der Waals surface area contributed by atoms with Gasteiger partial charge in [0.2, 0.25) is 11.8 Å². The number of likely N-dealkylation sites (tertiary alicyclic amines) is 1. The number of amides is 2. The lowest BCUT2D eigenvalue weighted by molar-refractivity contribution is -0.135. The molecule has 1 saturated carbocycles. The molecule has 2 heterocycles. The first-order valence-electron chi connectivity index (χ1n) is 11.8. The number of piperidine rings is 1. The van der Waals surface area contributed by atoms with Gasteiger partial charge in [0.15, 0.2) is 5.78 Å². The van der Waals surface area contributed by atoms with Crippen LogP contribution in [-0.4, -0.2) is 47.0 Å². The van der Waals surface area contributed by atoms with Crippen molar-refractivity contribution in [2.24, 2.45) is 11.3 Å². The Bertz CT molecular complexity index is 1120. The maximum Gasteiger partial charge on any atom is 0.230 e. The molecule has 2 fully saturated rings. The Hall–Kier alpha value is -2.95. The molecule has 4 aliphatic rings. The molecule has 32 heavy (non-hydrogen) atoms. The van der Waals surface area contributed by atoms with Crippen LogP contribution in [-0.2, 0) is 22.6 Å². The van der Waals surface area contributed by atoms with Crippen LogP contribution >= 0.6 is 0 Å². The molecule has 5 heteroatoms. The quantitative estimate of drug-likeness (QED) is 0.735. The summed E-state index contributed by atoms with van der Waals surface area (Å²) in [6, 6.07) is 15.9. The van der Waals surface area contributed by atoms with Crippen molar-refractivity contribution in [3.63, 3.8) is 0 Å². The van der Waals surface area contributed by atoms with Crippen molar-refractivity contribution in [3.05, 3.63) is 70.8 Å². The Morgan fingerprint density at radius 2 is 1.56 bits per heavy atom. The summed E-state index contributed by atoms with van der Waals surface area (Å²) in [6.07, 6.45) is 3.96. The van der Waals surface area contributed by atoms with E-state index in [1.54, 1.807) is 0 Å². The number of carbonyl (C=O) groups excluding carboxylic acids is 3. The maximum absolute atomic E-state index is 13.2. The van der Waals surface area contributed by atoms with Crippen molar-refractivity contribution in [1.29, 1.82) is 0 Å². The third-order valence-corrected chi connectivity index (χ3v) is 8.33. The second-order valence-electron chi connectivity index (χ2n) is 9.99. The van der Waals surface area contributed by atoms with Gasteiger partial charge < -0.3 is 9.80 Å². The van der Waals surface area contributed by atoms with Crippen molar-refractivity contribution in [2.75, 3.05) is 19.6 Å². The van der Waals surface area contributed by atoms with E-state index >= 15 is 0 Å². The summed E-state index contributed by atoms with van der Waals surface area (Å²) < 4.78 is 0. The fourth-order valence-electron chi connectivity index (χ4n) is 6.23. The SMILES string of the molecule is O=C1CC(C(=O)N2CCC3(CC2)CC3C(=O)N2CCc3ccccc3C2)c2ccccc21. The zero-order chi connectivity index (χ0) is 21.9. The summed E-state index contributed by atoms with van der Waals surface area (Å²) in [7, 11) is 0. The van der Waals surface area contributed by atoms with E-state index in [2.05, 4.69) is 24.3 Å². The first-order chi connectivity index (χ1) is 15.6. The lowest BCUT2D eigenvalue weighted by Crippen LogP contribution is -2.43. The minimum Gasteiger partial charge on any atom is -0.342 e. The lowest BCUT2D eigenvalue weighted by atomic mass is 9.89. The van der Waals surface area contributed by atoms with Crippen molar-refractivity contribution >= 4 is 17.6 Å². The molecule has 2 aromatic rings. The molecule has 2 aliphatic carbocycles. The lowest BCUT2D eigenvalue weighted by Gasteiger charge is -2.35. The van der Waals surface area contributed by atoms with Crippen LogP contribution in [0.4, 0.5) is 0 Å². The van der Waals surface area contributed by atoms with Crippen LogP contribution in [0.5, 0.6) is 0 Å². The van der Waals surface area contributed by atoms with Crippen LogP contribution in [0.15, 0.2) is 48.5 Å². The van der Waals surface area contributed by atoms with E-state index < -0.39 is 0 Å². The van der Waals surface area contributed by atoms with Crippen molar-refractivity contribution in [3.8, 4) is 0 Å². The third-order valence-electron chi connectivity index (χ3n) is 8.33. The van der Waals surface area contributed by atoms with E-state index in [0.717, 1.165) is 44.3 Å². The Morgan fingerprint density at radius 1 is 0.844 bits per heavy atom. The smallest absolute Gasteiger partial charge is 0.230 e. The summed E-state index contributed by atoms with van der Waals surface area (Å²) in [6.45, 7) is 2.92. The molecule has 1 saturated heterocycles. The summed E-state index contributed by atoms with van der Waals surface area (Å²) in [4.78, 5) is 42.8. The van der Waals surface area contributed by atoms with Crippen LogP contribution in [0.2, 0.25) is 0 Å². The highest BCUT2D eigenvalue weighted by atomic mass is 16.2. The van der Waals surface area contributed by atoms with E-state index in [1.165, 1.54) is 11.1 Å². The van der Waals surface area contributed by atoms with Crippen LogP contribution < -0.4 is 0 Å². The number of ketones is 1. The molecule has 5 nitrogen and oxygen atoms in total. The minimum atomic E-state index is -0.335. The van der Waals surface area contributed by atoms with E-state index in [4.69, 9.17) is 0 Å². The molecule has 2 amide bonds. The van der Waals surface area contributed by atoms with Gasteiger partial charge in [0, 0.05) is 44.1 Å². The van der Waals surface area contributed by atoms with Crippen LogP contribution in [0.3, 0.4) is 0 Å². The Kier molecular flexibility index (Phi) is 4.49. The molecular formula is C27H28N2O3. The van der Waals surface area contributed by atoms with Gasteiger partial charge >= 0.3 is 0 Å². The van der Waals surface area contributed by atoms with Gasteiger partial charge in [-0.1, -0.05) is 48.5 Å². The Labute approximate surface area is 188 Å². The fourth-order valence-corrected chi connectivity index (χ4v) is 6.23. The monoisotopic (exact) mass is 428 g/mol. The highest BCUT2D eigenvalue weighted by molar-refractivity contribution is 6.06. The van der Waals surface area contributed by atoms with Gasteiger partial charge in [0.05, 0.1) is 5.92 Å². The zero-order valence-electron chi connectivity index (χ0n) is 18.3. The molecule has 1 spiro atoms. The summed E-state index contributed by atoms with van der Waals surface area (Å²) >= 11 is 0. The predicted molar refractivity (Wildman–Crippen MR) is 120 cm³/mol. The standard InChI is InChI=1S/C27H28N2O3/c30-24-15-22(20-7-3-4-8-21(20)24)25(31)28-13-10-27(11-14-28)16-23(27)26(32)29-12-9-18-5-1-2-6-19(18)17-29/h1-8,22-23H,9-17H2. The second-order valence-corrected chi connectivity index (χ2v) is 9.99. The van der Waals surface area contributed by atoms with E-state index in [9.17, 15) is 14.4 Å². The number of rotatable bonds is 2. The molecule has 0 bridgehead atoms. The Morgan fingerprint density at radius 3 is 2.38 bits per heavy atom. The van der Waals surface area contributed by atoms with Crippen molar-refractivity contribution < 1.29 is 14.4 Å². The number of carbonyl (C=O) groups is 3. The highest BCUT2D eigenvalue weighted by Crippen LogP contribution is 2.60. The first-order valence-corrected chi connectivity index (χ1v) is 11.8. The van der Waals surface area contributed by atoms with Gasteiger partial charge in [0.25, 0.3) is 0 Å². The minimum absolute atomic E-state index is 0.0726. The van der Waals surface area contributed by atoms with Crippen LogP contribution in [0.25, 0.3) is 0 Å². The largest absolute Gasteiger partial charge is 0.342 e. The number of hydrogen-bond donors (Lipinski definition) is 0. The molecule has 0 N–H and O–H groups in total. The van der Waals surface area contributed by atoms with E-state index in [-0.39, 0.29) is 35.4 Å². The molecule has 2 unspecified atom stereocenters. The van der Waals surface area contributed by atoms with E-state index in [0.29, 0.717) is 24.6 Å². The molecule has 2 atom stereocenters. The van der Waals surface area contributed by atoms with Gasteiger partial charge in [-0.25, -0.2) is 0 Å². The average molecular weight is 429 g/mol. The van der Waals surface area contributed by atoms with Gasteiger partial charge in [-0.2, -0.15) is 0 Å². The average Bonchev–Trinajstić information content (AvgIpc) is 3.43. The number of benzene rings is 2. The van der Waals surface area contributed by atoms with E-state index in [1.807, 2.05) is 34.1 Å². The molecule has 2 aliphatic heterocycles. The first kappa shape index (κ1) is 19.7. The summed E-state index contributed by atoms with van der Waals surface area (Å²) in [5.74, 6) is 0.226. The number of Topliss-reactive ketones (excluding diaryl/α,β-unsaturated/α-hetero) is 1. The fraction of sp³-hybridized carbons (Fsp3) is 0.444.